The number of fused-ring (bicyclic) bond motifs is 22. The van der Waals surface area contributed by atoms with Crippen LogP contribution in [0.5, 0.6) is 0 Å². The van der Waals surface area contributed by atoms with E-state index in [-0.39, 0.29) is 59.9 Å². The Morgan fingerprint density at radius 3 is 0.923 bits per heavy atom. The number of hydrogen-bond donors (Lipinski definition) is 0. The van der Waals surface area contributed by atoms with Crippen molar-refractivity contribution in [2.24, 2.45) is 178 Å². The molecule has 2 saturated heterocycles. The topological polar surface area (TPSA) is 235 Å². The summed E-state index contributed by atoms with van der Waals surface area (Å²) in [5, 5.41) is 0. The normalized spacial score (nSPS) is 38.8. The minimum absolute atomic E-state index is 0.0141. The first-order chi connectivity index (χ1) is 63.6. The second-order valence-corrected chi connectivity index (χ2v) is 46.6. The van der Waals surface area contributed by atoms with E-state index >= 15 is 0 Å². The molecule has 2 heterocycles. The van der Waals surface area contributed by atoms with Crippen LogP contribution in [-0.2, 0) is 66.5 Å². The van der Waals surface area contributed by atoms with Gasteiger partial charge in [0.2, 0.25) is 0 Å². The predicted molar refractivity (Wildman–Crippen MR) is 493 cm³/mol. The van der Waals surface area contributed by atoms with Gasteiger partial charge in [0, 0.05) is 12.8 Å². The number of carbonyl (C=O) groups excluding carboxylic acids is 8. The highest BCUT2D eigenvalue weighted by Gasteiger charge is 2.61. The summed E-state index contributed by atoms with van der Waals surface area (Å²) in [5.74, 6) is 14.2. The van der Waals surface area contributed by atoms with E-state index in [1.54, 1.807) is 48.5 Å². The Bertz CT molecular complexity index is 4170. The molecule has 18 heteroatoms. The third kappa shape index (κ3) is 22.0. The summed E-state index contributed by atoms with van der Waals surface area (Å²) in [6, 6.07) is 13.7. The molecular weight excluding hydrogens is 1630 g/mol. The highest BCUT2D eigenvalue weighted by Crippen LogP contribution is 2.67. The van der Waals surface area contributed by atoms with Crippen LogP contribution in [-0.4, -0.2) is 125 Å². The Kier molecular flexibility index (Phi) is 31.0. The molecule has 0 spiro atoms. The molecule has 17 fully saturated rings. The van der Waals surface area contributed by atoms with Crippen LogP contribution in [0.3, 0.4) is 0 Å². The number of ether oxygens (including phenoxy) is 10. The molecule has 2 aliphatic heterocycles. The number of rotatable bonds is 48. The van der Waals surface area contributed by atoms with Crippen molar-refractivity contribution in [3.05, 3.63) is 70.8 Å². The summed E-state index contributed by atoms with van der Waals surface area (Å²) in [6.07, 6.45) is 55.9. The second-order valence-electron chi connectivity index (χ2n) is 46.6. The van der Waals surface area contributed by atoms with Crippen molar-refractivity contribution in [1.29, 1.82) is 0 Å². The Labute approximate surface area is 776 Å². The number of carbonyl (C=O) groups is 8. The smallest absolute Gasteiger partial charge is 0.338 e. The van der Waals surface area contributed by atoms with Crippen molar-refractivity contribution in [1.82, 2.24) is 0 Å². The molecule has 15 saturated carbocycles. The minimum Gasteiger partial charge on any atom is -0.465 e. The van der Waals surface area contributed by atoms with Gasteiger partial charge in [0.1, 0.15) is 0 Å². The lowest BCUT2D eigenvalue weighted by Gasteiger charge is -2.44. The van der Waals surface area contributed by atoms with Crippen molar-refractivity contribution in [3.63, 3.8) is 0 Å². The third-order valence-electron chi connectivity index (χ3n) is 39.1. The van der Waals surface area contributed by atoms with Gasteiger partial charge in [-0.15, -0.1) is 0 Å². The third-order valence-corrected chi connectivity index (χ3v) is 39.1. The lowest BCUT2D eigenvalue weighted by Crippen LogP contribution is -2.35. The zero-order valence-corrected chi connectivity index (χ0v) is 79.2. The minimum atomic E-state index is -0.393. The van der Waals surface area contributed by atoms with Crippen LogP contribution in [0.1, 0.15) is 363 Å². The molecule has 0 aromatic heterocycles. The van der Waals surface area contributed by atoms with Gasteiger partial charge >= 0.3 is 47.8 Å². The highest BCUT2D eigenvalue weighted by atomic mass is 16.6. The van der Waals surface area contributed by atoms with Gasteiger partial charge in [0.15, 0.2) is 0 Å². The maximum atomic E-state index is 13.6. The Morgan fingerprint density at radius 1 is 0.269 bits per heavy atom. The Hall–Kier alpha value is -5.88. The zero-order chi connectivity index (χ0) is 88.9. The van der Waals surface area contributed by atoms with Gasteiger partial charge in [-0.05, 0) is 382 Å². The molecule has 8 bridgehead atoms. The van der Waals surface area contributed by atoms with Crippen molar-refractivity contribution in [2.75, 3.05) is 52.9 Å². The van der Waals surface area contributed by atoms with Gasteiger partial charge < -0.3 is 47.4 Å². The average Bonchev–Trinajstić information content (AvgIpc) is 1.60. The summed E-state index contributed by atoms with van der Waals surface area (Å²) in [4.78, 5) is 107. The summed E-state index contributed by atoms with van der Waals surface area (Å²) in [5.41, 5.74) is 1.52. The van der Waals surface area contributed by atoms with E-state index in [4.69, 9.17) is 47.4 Å². The molecule has 34 atom stereocenters. The number of benzene rings is 2. The molecule has 0 N–H and O–H groups in total. The average molecular weight is 1790 g/mol. The lowest BCUT2D eigenvalue weighted by atomic mass is 9.61. The molecule has 130 heavy (non-hydrogen) atoms. The summed E-state index contributed by atoms with van der Waals surface area (Å²) in [6.45, 7) is 8.32. The lowest BCUT2D eigenvalue weighted by molar-refractivity contribution is -0.151. The molecule has 2 aromatic carbocycles. The van der Waals surface area contributed by atoms with Crippen molar-refractivity contribution in [2.45, 2.75) is 346 Å². The fraction of sp³-hybridized carbons (Fsp3) is 0.821. The van der Waals surface area contributed by atoms with Crippen LogP contribution < -0.4 is 0 Å². The van der Waals surface area contributed by atoms with E-state index in [2.05, 4.69) is 13.8 Å². The van der Waals surface area contributed by atoms with Gasteiger partial charge in [0.05, 0.1) is 111 Å². The van der Waals surface area contributed by atoms with Crippen LogP contribution in [0.25, 0.3) is 0 Å². The first-order valence-corrected chi connectivity index (χ1v) is 54.4. The monoisotopic (exact) mass is 1790 g/mol. The molecule has 19 rings (SSSR count). The van der Waals surface area contributed by atoms with Gasteiger partial charge in [-0.2, -0.15) is 0 Å². The van der Waals surface area contributed by atoms with Crippen LogP contribution in [0, 0.1) is 178 Å². The van der Waals surface area contributed by atoms with Crippen molar-refractivity contribution < 1.29 is 85.7 Å². The van der Waals surface area contributed by atoms with Crippen LogP contribution in [0.4, 0.5) is 0 Å². The molecule has 2 aromatic rings. The first-order valence-electron chi connectivity index (χ1n) is 54.4. The molecule has 716 valence electrons. The van der Waals surface area contributed by atoms with E-state index in [1.165, 1.54) is 154 Å². The van der Waals surface area contributed by atoms with Gasteiger partial charge in [-0.3, -0.25) is 19.2 Å². The second kappa shape index (κ2) is 43.2. The van der Waals surface area contributed by atoms with E-state index in [1.807, 2.05) is 0 Å². The quantitative estimate of drug-likeness (QED) is 0.0259. The van der Waals surface area contributed by atoms with E-state index in [0.717, 1.165) is 165 Å². The standard InChI is InChI=1S/C112H160O18/c1-3-5-7-9-10-16-24-72-34-33-71(23-15-8-6-4-2)87(29-17-11-13-19-31-105(113)121-63-83-49-79-53-93(83)97-43-67(39-89(79)97)59-123-107(115)73-25-21-27-75(47-73)109(117)127-65-85-51-81-55-95(85)99-45-69(41-91(81)99)61-125-111(119)77-35-37-101-103(57-77)129-101)88(72)30-18-12-14-20-32-106(114)122-64-84-50-80-54-94(84)98-44-68(40-90(80)98)60-124-108(116)74-26-22-28-76(48-74)110(118)128-66-86-52-82-56-96(86)100-46-70(42-92(82)100)62-126-112(120)78-36-38-102-104(58-78)130-102/h21-22,25-28,47-48,67-72,77-104H,3-20,23-24,29-46,49-66H2,1-2H3/t67?,68?,69?,70?,71?,72?,77?,78?,79?,80?,81?,82?,83?,84?,85?,86?,87?,88?,89-,90-,91-,92-,93?,94?,95?,96?,97-,98-,99-,100-,101?,102?,103?,104?/m1/s1. The molecule has 17 aliphatic rings. The Balaban J connectivity index is 0.364. The fourth-order valence-electron chi connectivity index (χ4n) is 32.9. The van der Waals surface area contributed by atoms with E-state index < -0.39 is 11.9 Å². The molecule has 15 aliphatic carbocycles. The van der Waals surface area contributed by atoms with Crippen LogP contribution in [0.15, 0.2) is 48.5 Å². The number of unbranched alkanes of at least 4 members (excludes halogenated alkanes) is 14. The van der Waals surface area contributed by atoms with Gasteiger partial charge in [-0.25, -0.2) is 19.2 Å². The molecule has 26 unspecified atom stereocenters. The van der Waals surface area contributed by atoms with E-state index in [9.17, 15) is 38.4 Å². The van der Waals surface area contributed by atoms with Gasteiger partial charge in [-0.1, -0.05) is 142 Å². The summed E-state index contributed by atoms with van der Waals surface area (Å²) in [7, 11) is 0. The van der Waals surface area contributed by atoms with Crippen molar-refractivity contribution in [3.8, 4) is 0 Å². The molecule has 0 amide bonds. The molecule has 18 nitrogen and oxygen atoms in total. The molecular formula is C112H160O18. The zero-order valence-electron chi connectivity index (χ0n) is 79.2. The number of hydrogen-bond acceptors (Lipinski definition) is 18. The largest absolute Gasteiger partial charge is 0.465 e. The number of epoxide rings is 2. The SMILES string of the molecule is CCCCCCCCC1CCC(CCCCCC)C(CCCCCCC(=O)OCC2CC3CC2[C@@H]2CC(COC(=O)c4cccc(C(=O)OCC5CC6CC5[C@@H]5CC(COC(=O)C7CCC8OC8C7)C[C@H]65)c4)C[C@H]32)C1CCCCCCC(=O)OCC1CC2CC1[C@@H]1CC(COC(=O)c3cccc(C(=O)OCC4CC5CC4[C@@H]4CC(COC(=O)C6CCC7OC7C6)C[C@H]54)c3)C[C@H]21. The van der Waals surface area contributed by atoms with Crippen LogP contribution in [0.2, 0.25) is 0 Å². The highest BCUT2D eigenvalue weighted by molar-refractivity contribution is 5.96. The first kappa shape index (κ1) is 93.2. The summed E-state index contributed by atoms with van der Waals surface area (Å²) < 4.78 is 59.5. The van der Waals surface area contributed by atoms with Crippen molar-refractivity contribution >= 4 is 47.8 Å². The summed E-state index contributed by atoms with van der Waals surface area (Å²) >= 11 is 0. The fourth-order valence-corrected chi connectivity index (χ4v) is 32.9. The predicted octanol–water partition coefficient (Wildman–Crippen LogP) is 23.2. The Morgan fingerprint density at radius 2 is 0.569 bits per heavy atom. The maximum absolute atomic E-state index is 13.6. The van der Waals surface area contributed by atoms with E-state index in [0.29, 0.717) is 242 Å². The molecule has 0 radical (unpaired) electrons. The maximum Gasteiger partial charge on any atom is 0.338 e. The van der Waals surface area contributed by atoms with Gasteiger partial charge in [0.25, 0.3) is 0 Å². The number of esters is 8. The van der Waals surface area contributed by atoms with Crippen LogP contribution >= 0.6 is 0 Å².